The number of carboxylic acid groups (broad SMARTS) is 1. The summed E-state index contributed by atoms with van der Waals surface area (Å²) in [5.41, 5.74) is 4.57. The van der Waals surface area contributed by atoms with Crippen LogP contribution in [0.3, 0.4) is 0 Å². The first-order valence-corrected chi connectivity index (χ1v) is 11.4. The minimum absolute atomic E-state index is 0.00473. The number of hydrogen-bond acceptors (Lipinski definition) is 4. The van der Waals surface area contributed by atoms with E-state index in [1.54, 1.807) is 0 Å². The monoisotopic (exact) mass is 462 g/mol. The normalized spacial score (nSPS) is 12.7. The van der Waals surface area contributed by atoms with Gasteiger partial charge in [0.15, 0.2) is 0 Å². The van der Waals surface area contributed by atoms with Crippen LogP contribution in [0.15, 0.2) is 48.5 Å². The average Bonchev–Trinajstić information content (AvgIpc) is 3.12. The number of amides is 2. The Morgan fingerprint density at radius 3 is 2.21 bits per heavy atom. The second-order valence-electron chi connectivity index (χ2n) is 8.78. The minimum atomic E-state index is -0.890. The number of carbonyl (C=O) groups is 3. The van der Waals surface area contributed by atoms with Gasteiger partial charge in [0.1, 0.15) is 6.61 Å². The van der Waals surface area contributed by atoms with Gasteiger partial charge >= 0.3 is 12.1 Å². The van der Waals surface area contributed by atoms with Gasteiger partial charge in [0, 0.05) is 18.9 Å². The Kier molecular flexibility index (Phi) is 8.69. The third-order valence-electron chi connectivity index (χ3n) is 5.69. The molecule has 178 valence electrons. The highest BCUT2D eigenvalue weighted by molar-refractivity contribution is 5.93. The summed E-state index contributed by atoms with van der Waals surface area (Å²) in [6.45, 7) is 4.43. The molecule has 0 heterocycles. The van der Waals surface area contributed by atoms with E-state index in [9.17, 15) is 14.4 Å². The van der Waals surface area contributed by atoms with Gasteiger partial charge in [-0.3, -0.25) is 9.59 Å². The average molecular weight is 463 g/mol. The Morgan fingerprint density at radius 2 is 1.62 bits per heavy atom. The number of carbonyl (C=O) groups excluding carboxylic acids is 2. The number of ether oxygens (including phenoxy) is 1. The molecule has 3 rings (SSSR count). The summed E-state index contributed by atoms with van der Waals surface area (Å²) in [4.78, 5) is 35.0. The van der Waals surface area contributed by atoms with E-state index in [0.717, 1.165) is 22.3 Å². The van der Waals surface area contributed by atoms with Gasteiger partial charge in [0.05, 0.1) is 6.54 Å². The van der Waals surface area contributed by atoms with E-state index in [0.29, 0.717) is 12.3 Å². The van der Waals surface area contributed by atoms with Crippen molar-refractivity contribution in [3.63, 3.8) is 0 Å². The SMILES string of the molecule is CC(C)C[C@H](CNC(=O)C#CCNC(=O)OCC1c2ccccc2-c2ccccc21)CC(=O)O. The van der Waals surface area contributed by atoms with Crippen LogP contribution in [0.2, 0.25) is 0 Å². The molecule has 7 nitrogen and oxygen atoms in total. The predicted molar refractivity (Wildman–Crippen MR) is 129 cm³/mol. The molecule has 0 unspecified atom stereocenters. The molecule has 0 saturated carbocycles. The second kappa shape index (κ2) is 11.9. The van der Waals surface area contributed by atoms with E-state index >= 15 is 0 Å². The fourth-order valence-electron chi connectivity index (χ4n) is 4.32. The number of aliphatic carboxylic acids is 1. The van der Waals surface area contributed by atoms with Crippen molar-refractivity contribution in [1.82, 2.24) is 10.6 Å². The smallest absolute Gasteiger partial charge is 0.407 e. The van der Waals surface area contributed by atoms with E-state index in [2.05, 4.69) is 34.6 Å². The molecule has 2 amide bonds. The maximum absolute atomic E-state index is 12.1. The first kappa shape index (κ1) is 24.8. The Balaban J connectivity index is 1.43. The van der Waals surface area contributed by atoms with Crippen LogP contribution in [-0.4, -0.2) is 42.8 Å². The number of fused-ring (bicyclic) bond motifs is 3. The Hall–Kier alpha value is -3.79. The third kappa shape index (κ3) is 6.85. The van der Waals surface area contributed by atoms with E-state index in [4.69, 9.17) is 9.84 Å². The second-order valence-corrected chi connectivity index (χ2v) is 8.78. The molecular weight excluding hydrogens is 432 g/mol. The molecule has 0 fully saturated rings. The molecule has 1 atom stereocenters. The number of rotatable bonds is 9. The predicted octanol–water partition coefficient (Wildman–Crippen LogP) is 3.78. The molecule has 34 heavy (non-hydrogen) atoms. The van der Waals surface area contributed by atoms with Crippen LogP contribution in [0.4, 0.5) is 4.79 Å². The Labute approximate surface area is 199 Å². The van der Waals surface area contributed by atoms with E-state index in [1.807, 2.05) is 50.2 Å². The van der Waals surface area contributed by atoms with Crippen LogP contribution in [0.1, 0.15) is 43.7 Å². The zero-order valence-electron chi connectivity index (χ0n) is 19.5. The summed E-state index contributed by atoms with van der Waals surface area (Å²) in [5, 5.41) is 14.2. The lowest BCUT2D eigenvalue weighted by Crippen LogP contribution is -2.30. The number of alkyl carbamates (subject to hydrolysis) is 1. The zero-order valence-corrected chi connectivity index (χ0v) is 19.5. The largest absolute Gasteiger partial charge is 0.481 e. The van der Waals surface area contributed by atoms with Crippen molar-refractivity contribution in [2.45, 2.75) is 32.6 Å². The van der Waals surface area contributed by atoms with Gasteiger partial charge < -0.3 is 20.5 Å². The molecule has 2 aromatic rings. The molecule has 0 saturated heterocycles. The molecule has 0 radical (unpaired) electrons. The highest BCUT2D eigenvalue weighted by Crippen LogP contribution is 2.44. The van der Waals surface area contributed by atoms with Crippen molar-refractivity contribution < 1.29 is 24.2 Å². The van der Waals surface area contributed by atoms with Gasteiger partial charge in [0.2, 0.25) is 0 Å². The molecule has 1 aliphatic carbocycles. The lowest BCUT2D eigenvalue weighted by Gasteiger charge is -2.16. The lowest BCUT2D eigenvalue weighted by molar-refractivity contribution is -0.138. The maximum atomic E-state index is 12.1. The third-order valence-corrected chi connectivity index (χ3v) is 5.69. The van der Waals surface area contributed by atoms with Crippen molar-refractivity contribution >= 4 is 18.0 Å². The van der Waals surface area contributed by atoms with Crippen LogP contribution >= 0.6 is 0 Å². The first-order valence-electron chi connectivity index (χ1n) is 11.4. The van der Waals surface area contributed by atoms with Crippen molar-refractivity contribution in [2.24, 2.45) is 11.8 Å². The highest BCUT2D eigenvalue weighted by atomic mass is 16.5. The molecular formula is C27H30N2O5. The number of hydrogen-bond donors (Lipinski definition) is 3. The van der Waals surface area contributed by atoms with Gasteiger partial charge in [-0.25, -0.2) is 4.79 Å². The summed E-state index contributed by atoms with van der Waals surface area (Å²) >= 11 is 0. The van der Waals surface area contributed by atoms with Crippen LogP contribution in [-0.2, 0) is 14.3 Å². The topological polar surface area (TPSA) is 105 Å². The molecule has 7 heteroatoms. The van der Waals surface area contributed by atoms with E-state index < -0.39 is 18.0 Å². The van der Waals surface area contributed by atoms with Gasteiger partial charge in [-0.05, 0) is 46.4 Å². The van der Waals surface area contributed by atoms with E-state index in [1.165, 1.54) is 0 Å². The standard InChI is InChI=1S/C27H30N2O5/c1-18(2)14-19(15-26(31)32)16-29-25(30)12-7-13-28-27(33)34-17-24-22-10-5-3-8-20(22)21-9-4-6-11-23(21)24/h3-6,8-11,18-19,24H,13-17H2,1-2H3,(H,28,33)(H,29,30)(H,31,32)/t19-/m0/s1. The summed E-state index contributed by atoms with van der Waals surface area (Å²) in [6, 6.07) is 16.2. The summed E-state index contributed by atoms with van der Waals surface area (Å²) in [7, 11) is 0. The molecule has 2 aromatic carbocycles. The molecule has 3 N–H and O–H groups in total. The quantitative estimate of drug-likeness (QED) is 0.492. The fraction of sp³-hybridized carbons (Fsp3) is 0.370. The van der Waals surface area contributed by atoms with Crippen LogP contribution in [0, 0.1) is 23.7 Å². The Morgan fingerprint density at radius 1 is 1.00 bits per heavy atom. The number of benzene rings is 2. The van der Waals surface area contributed by atoms with Gasteiger partial charge in [-0.15, -0.1) is 0 Å². The lowest BCUT2D eigenvalue weighted by atomic mass is 9.94. The fourth-order valence-corrected chi connectivity index (χ4v) is 4.32. The van der Waals surface area contributed by atoms with Crippen LogP contribution in [0.25, 0.3) is 11.1 Å². The van der Waals surface area contributed by atoms with Gasteiger partial charge in [-0.1, -0.05) is 68.3 Å². The first-order chi connectivity index (χ1) is 16.3. The molecule has 0 aromatic heterocycles. The number of carboxylic acids is 1. The van der Waals surface area contributed by atoms with Crippen LogP contribution in [0.5, 0.6) is 0 Å². The summed E-state index contributed by atoms with van der Waals surface area (Å²) in [6.07, 6.45) is 0.0912. The zero-order chi connectivity index (χ0) is 24.5. The van der Waals surface area contributed by atoms with Crippen molar-refractivity contribution in [1.29, 1.82) is 0 Å². The van der Waals surface area contributed by atoms with Gasteiger partial charge in [0.25, 0.3) is 5.91 Å². The van der Waals surface area contributed by atoms with E-state index in [-0.39, 0.29) is 38.0 Å². The van der Waals surface area contributed by atoms with Crippen molar-refractivity contribution in [3.8, 4) is 23.0 Å². The van der Waals surface area contributed by atoms with Crippen LogP contribution < -0.4 is 10.6 Å². The summed E-state index contributed by atoms with van der Waals surface area (Å²) in [5.74, 6) is 3.75. The van der Waals surface area contributed by atoms with Crippen molar-refractivity contribution in [2.75, 3.05) is 19.7 Å². The molecule has 0 aliphatic heterocycles. The number of nitrogens with one attached hydrogen (secondary N) is 2. The summed E-state index contributed by atoms with van der Waals surface area (Å²) < 4.78 is 5.43. The van der Waals surface area contributed by atoms with Gasteiger partial charge in [-0.2, -0.15) is 0 Å². The molecule has 0 spiro atoms. The molecule has 0 bridgehead atoms. The molecule has 1 aliphatic rings. The minimum Gasteiger partial charge on any atom is -0.481 e. The maximum Gasteiger partial charge on any atom is 0.407 e. The Bertz CT molecular complexity index is 1050. The highest BCUT2D eigenvalue weighted by Gasteiger charge is 2.28. The van der Waals surface area contributed by atoms with Crippen molar-refractivity contribution in [3.05, 3.63) is 59.7 Å².